The van der Waals surface area contributed by atoms with Gasteiger partial charge in [-0.25, -0.2) is 0 Å². The summed E-state index contributed by atoms with van der Waals surface area (Å²) in [6.07, 6.45) is 0. The Morgan fingerprint density at radius 3 is 2.20 bits per heavy atom. The van der Waals surface area contributed by atoms with Crippen LogP contribution in [0.4, 0.5) is 5.69 Å². The number of hydrogen-bond donors (Lipinski definition) is 1. The minimum Gasteiger partial charge on any atom is -0.349 e. The Kier molecular flexibility index (Phi) is 6.77. The summed E-state index contributed by atoms with van der Waals surface area (Å²) < 4.78 is 0. The van der Waals surface area contributed by atoms with Crippen LogP contribution in [0.1, 0.15) is 33.3 Å². The lowest BCUT2D eigenvalue weighted by Gasteiger charge is -2.29. The summed E-state index contributed by atoms with van der Waals surface area (Å²) >= 11 is 11.7. The van der Waals surface area contributed by atoms with Gasteiger partial charge in [0.05, 0.1) is 0 Å². The predicted molar refractivity (Wildman–Crippen MR) is 93.7 cm³/mol. The maximum atomic E-state index is 6.15. The highest BCUT2D eigenvalue weighted by Crippen LogP contribution is 2.20. The highest BCUT2D eigenvalue weighted by Gasteiger charge is 2.13. The fourth-order valence-electron chi connectivity index (χ4n) is 2.00. The van der Waals surface area contributed by atoms with Gasteiger partial charge in [0.15, 0.2) is 5.11 Å². The van der Waals surface area contributed by atoms with Crippen LogP contribution in [0, 0.1) is 18.8 Å². The lowest BCUT2D eigenvalue weighted by Crippen LogP contribution is -2.39. The molecule has 1 rings (SSSR count). The third-order valence-electron chi connectivity index (χ3n) is 2.88. The minimum atomic E-state index is 0.579. The third-order valence-corrected chi connectivity index (χ3v) is 3.65. The number of halogens is 1. The Balaban J connectivity index is 2.76. The number of aryl methyl sites for hydroxylation is 1. The molecule has 0 bridgehead atoms. The largest absolute Gasteiger partial charge is 0.349 e. The summed E-state index contributed by atoms with van der Waals surface area (Å²) in [5.41, 5.74) is 2.02. The number of nitrogens with one attached hydrogen (secondary N) is 1. The van der Waals surface area contributed by atoms with E-state index < -0.39 is 0 Å². The molecule has 0 unspecified atom stereocenters. The smallest absolute Gasteiger partial charge is 0.173 e. The van der Waals surface area contributed by atoms with Crippen LogP contribution in [0.15, 0.2) is 18.2 Å². The lowest BCUT2D eigenvalue weighted by molar-refractivity contribution is 0.332. The van der Waals surface area contributed by atoms with E-state index in [1.54, 1.807) is 0 Å². The van der Waals surface area contributed by atoms with Crippen molar-refractivity contribution in [3.63, 3.8) is 0 Å². The van der Waals surface area contributed by atoms with Gasteiger partial charge in [-0.3, -0.25) is 0 Å². The molecule has 112 valence electrons. The maximum absolute atomic E-state index is 6.15. The summed E-state index contributed by atoms with van der Waals surface area (Å²) in [6, 6.07) is 5.94. The van der Waals surface area contributed by atoms with Gasteiger partial charge in [-0.15, -0.1) is 0 Å². The Morgan fingerprint density at radius 2 is 1.75 bits per heavy atom. The highest BCUT2D eigenvalue weighted by molar-refractivity contribution is 7.80. The molecule has 0 heterocycles. The van der Waals surface area contributed by atoms with Crippen molar-refractivity contribution < 1.29 is 0 Å². The molecule has 1 N–H and O–H groups in total. The second kappa shape index (κ2) is 7.84. The van der Waals surface area contributed by atoms with Crippen molar-refractivity contribution in [3.8, 4) is 0 Å². The molecular formula is C16H25ClN2S. The fourth-order valence-corrected chi connectivity index (χ4v) is 2.44. The lowest BCUT2D eigenvalue weighted by atomic mass is 10.1. The number of anilines is 1. The van der Waals surface area contributed by atoms with E-state index in [4.69, 9.17) is 23.8 Å². The number of hydrogen-bond acceptors (Lipinski definition) is 1. The van der Waals surface area contributed by atoms with Gasteiger partial charge in [-0.2, -0.15) is 0 Å². The zero-order chi connectivity index (χ0) is 15.3. The number of nitrogens with zero attached hydrogens (tertiary/aromatic N) is 1. The van der Waals surface area contributed by atoms with Gasteiger partial charge in [0, 0.05) is 23.8 Å². The average Bonchev–Trinajstić information content (AvgIpc) is 2.32. The van der Waals surface area contributed by atoms with Crippen LogP contribution >= 0.6 is 23.8 Å². The maximum Gasteiger partial charge on any atom is 0.173 e. The van der Waals surface area contributed by atoms with Crippen molar-refractivity contribution in [2.24, 2.45) is 11.8 Å². The zero-order valence-electron chi connectivity index (χ0n) is 13.0. The van der Waals surface area contributed by atoms with Crippen LogP contribution in [0.25, 0.3) is 0 Å². The van der Waals surface area contributed by atoms with E-state index in [-0.39, 0.29) is 0 Å². The monoisotopic (exact) mass is 312 g/mol. The molecule has 20 heavy (non-hydrogen) atoms. The van der Waals surface area contributed by atoms with Crippen molar-refractivity contribution in [3.05, 3.63) is 28.8 Å². The van der Waals surface area contributed by atoms with Gasteiger partial charge in [-0.1, -0.05) is 45.4 Å². The van der Waals surface area contributed by atoms with Gasteiger partial charge in [-0.05, 0) is 48.7 Å². The normalized spacial score (nSPS) is 11.0. The van der Waals surface area contributed by atoms with Gasteiger partial charge in [0.2, 0.25) is 0 Å². The van der Waals surface area contributed by atoms with E-state index in [0.29, 0.717) is 11.8 Å². The minimum absolute atomic E-state index is 0.579. The predicted octanol–water partition coefficient (Wildman–Crippen LogP) is 4.96. The number of thiocarbonyl (C=S) groups is 1. The summed E-state index contributed by atoms with van der Waals surface area (Å²) in [7, 11) is 0. The van der Waals surface area contributed by atoms with Crippen LogP contribution in [-0.4, -0.2) is 23.1 Å². The Labute approximate surface area is 133 Å². The molecule has 4 heteroatoms. The summed E-state index contributed by atoms with van der Waals surface area (Å²) in [6.45, 7) is 12.7. The van der Waals surface area contributed by atoms with Gasteiger partial charge in [0.1, 0.15) is 0 Å². The van der Waals surface area contributed by atoms with Crippen LogP contribution in [-0.2, 0) is 0 Å². The summed E-state index contributed by atoms with van der Waals surface area (Å²) in [4.78, 5) is 2.23. The number of rotatable bonds is 5. The molecule has 0 aromatic heterocycles. The van der Waals surface area contributed by atoms with Crippen molar-refractivity contribution in [2.75, 3.05) is 18.4 Å². The van der Waals surface area contributed by atoms with Crippen LogP contribution < -0.4 is 5.32 Å². The van der Waals surface area contributed by atoms with Crippen molar-refractivity contribution in [1.82, 2.24) is 4.90 Å². The Bertz CT molecular complexity index is 448. The topological polar surface area (TPSA) is 15.3 Å². The second-order valence-corrected chi connectivity index (χ2v) is 6.88. The summed E-state index contributed by atoms with van der Waals surface area (Å²) in [5, 5.41) is 4.83. The number of benzene rings is 1. The molecule has 0 saturated carbocycles. The van der Waals surface area contributed by atoms with Crippen LogP contribution in [0.3, 0.4) is 0 Å². The van der Waals surface area contributed by atoms with E-state index in [0.717, 1.165) is 34.5 Å². The van der Waals surface area contributed by atoms with Crippen LogP contribution in [0.2, 0.25) is 5.02 Å². The molecule has 0 aliphatic carbocycles. The van der Waals surface area contributed by atoms with E-state index in [2.05, 4.69) is 37.9 Å². The molecule has 2 nitrogen and oxygen atoms in total. The van der Waals surface area contributed by atoms with E-state index in [1.807, 2.05) is 25.1 Å². The molecule has 0 amide bonds. The molecule has 1 aromatic carbocycles. The molecule has 0 fully saturated rings. The Hall–Kier alpha value is -0.800. The standard InChI is InChI=1S/C16H25ClN2S/c1-11(2)9-19(10-12(3)4)16(20)18-14-7-6-13(5)15(17)8-14/h6-8,11-12H,9-10H2,1-5H3,(H,18,20). The quantitative estimate of drug-likeness (QED) is 0.774. The SMILES string of the molecule is Cc1ccc(NC(=S)N(CC(C)C)CC(C)C)cc1Cl. The van der Waals surface area contributed by atoms with Gasteiger partial charge < -0.3 is 10.2 Å². The summed E-state index contributed by atoms with van der Waals surface area (Å²) in [5.74, 6) is 1.16. The fraction of sp³-hybridized carbons (Fsp3) is 0.562. The highest BCUT2D eigenvalue weighted by atomic mass is 35.5. The first-order valence-electron chi connectivity index (χ1n) is 7.11. The van der Waals surface area contributed by atoms with Crippen molar-refractivity contribution >= 4 is 34.6 Å². The molecule has 0 spiro atoms. The second-order valence-electron chi connectivity index (χ2n) is 6.09. The third kappa shape index (κ3) is 5.68. The van der Waals surface area contributed by atoms with E-state index in [1.165, 1.54) is 0 Å². The molecule has 0 aliphatic heterocycles. The van der Waals surface area contributed by atoms with E-state index >= 15 is 0 Å². The zero-order valence-corrected chi connectivity index (χ0v) is 14.6. The first-order valence-corrected chi connectivity index (χ1v) is 7.90. The molecule has 0 radical (unpaired) electrons. The van der Waals surface area contributed by atoms with Gasteiger partial charge in [0.25, 0.3) is 0 Å². The molecule has 0 saturated heterocycles. The molecular weight excluding hydrogens is 288 g/mol. The first-order chi connectivity index (χ1) is 9.29. The average molecular weight is 313 g/mol. The Morgan fingerprint density at radius 1 is 1.20 bits per heavy atom. The van der Waals surface area contributed by atoms with E-state index in [9.17, 15) is 0 Å². The van der Waals surface area contributed by atoms with Gasteiger partial charge >= 0.3 is 0 Å². The molecule has 0 aliphatic rings. The molecule has 0 atom stereocenters. The molecule has 1 aromatic rings. The first kappa shape index (κ1) is 17.3. The van der Waals surface area contributed by atoms with Crippen LogP contribution in [0.5, 0.6) is 0 Å². The van der Waals surface area contributed by atoms with Crippen molar-refractivity contribution in [1.29, 1.82) is 0 Å². The van der Waals surface area contributed by atoms with Crippen molar-refractivity contribution in [2.45, 2.75) is 34.6 Å².